The maximum Gasteiger partial charge on any atom is 0.265 e. The predicted octanol–water partition coefficient (Wildman–Crippen LogP) is 3.88. The number of anilines is 1. The van der Waals surface area contributed by atoms with E-state index in [2.05, 4.69) is 9.82 Å². The standard InChI is InChI=1S/C18H27N3O3S/c1-12(2)21-11-16(17(19-21)18(4,5)6)25(22,23)20-14-10-13(3)8-9-15(14)24-7/h8-12,20H,1-7H3. The summed E-state index contributed by atoms with van der Waals surface area (Å²) in [5.74, 6) is 0.475. The van der Waals surface area contributed by atoms with Crippen molar-refractivity contribution in [1.82, 2.24) is 9.78 Å². The summed E-state index contributed by atoms with van der Waals surface area (Å²) in [6.45, 7) is 11.7. The summed E-state index contributed by atoms with van der Waals surface area (Å²) in [5.41, 5.74) is 1.49. The van der Waals surface area contributed by atoms with Crippen molar-refractivity contribution >= 4 is 15.7 Å². The van der Waals surface area contributed by atoms with E-state index in [1.54, 1.807) is 23.0 Å². The van der Waals surface area contributed by atoms with Crippen LogP contribution in [-0.2, 0) is 15.4 Å². The summed E-state index contributed by atoms with van der Waals surface area (Å²) >= 11 is 0. The molecule has 7 heteroatoms. The number of hydrogen-bond acceptors (Lipinski definition) is 4. The third kappa shape index (κ3) is 4.15. The number of rotatable bonds is 5. The van der Waals surface area contributed by atoms with E-state index in [1.807, 2.05) is 47.6 Å². The molecule has 0 aliphatic heterocycles. The summed E-state index contributed by atoms with van der Waals surface area (Å²) < 4.78 is 35.7. The summed E-state index contributed by atoms with van der Waals surface area (Å²) in [4.78, 5) is 0.192. The van der Waals surface area contributed by atoms with Crippen LogP contribution in [0.4, 0.5) is 5.69 Å². The van der Waals surface area contributed by atoms with E-state index in [0.717, 1.165) is 5.56 Å². The van der Waals surface area contributed by atoms with Gasteiger partial charge in [-0.05, 0) is 38.5 Å². The Hall–Kier alpha value is -2.02. The molecule has 0 radical (unpaired) electrons. The van der Waals surface area contributed by atoms with Crippen LogP contribution in [0, 0.1) is 6.92 Å². The van der Waals surface area contributed by atoms with Gasteiger partial charge in [0.15, 0.2) is 0 Å². The van der Waals surface area contributed by atoms with Gasteiger partial charge in [-0.1, -0.05) is 26.8 Å². The van der Waals surface area contributed by atoms with E-state index < -0.39 is 15.4 Å². The molecule has 0 saturated carbocycles. The molecule has 0 saturated heterocycles. The van der Waals surface area contributed by atoms with Crippen LogP contribution in [0.25, 0.3) is 0 Å². The van der Waals surface area contributed by atoms with Gasteiger partial charge < -0.3 is 4.74 Å². The van der Waals surface area contributed by atoms with Crippen molar-refractivity contribution in [2.45, 2.75) is 57.9 Å². The van der Waals surface area contributed by atoms with Crippen molar-refractivity contribution in [1.29, 1.82) is 0 Å². The van der Waals surface area contributed by atoms with Gasteiger partial charge in [0.05, 0.1) is 18.5 Å². The quantitative estimate of drug-likeness (QED) is 0.873. The lowest BCUT2D eigenvalue weighted by molar-refractivity contribution is 0.417. The zero-order chi connectivity index (χ0) is 19.0. The van der Waals surface area contributed by atoms with Crippen LogP contribution in [0.3, 0.4) is 0 Å². The first kappa shape index (κ1) is 19.3. The second-order valence-electron chi connectivity index (χ2n) is 7.47. The van der Waals surface area contributed by atoms with Crippen molar-refractivity contribution in [3.8, 4) is 5.75 Å². The normalized spacial score (nSPS) is 12.5. The van der Waals surface area contributed by atoms with E-state index in [1.165, 1.54) is 7.11 Å². The lowest BCUT2D eigenvalue weighted by Crippen LogP contribution is -2.20. The van der Waals surface area contributed by atoms with E-state index >= 15 is 0 Å². The molecule has 2 rings (SSSR count). The first-order chi connectivity index (χ1) is 11.5. The van der Waals surface area contributed by atoms with Crippen molar-refractivity contribution in [2.24, 2.45) is 0 Å². The summed E-state index contributed by atoms with van der Waals surface area (Å²) in [6.07, 6.45) is 1.59. The van der Waals surface area contributed by atoms with E-state index in [9.17, 15) is 8.42 Å². The van der Waals surface area contributed by atoms with Crippen molar-refractivity contribution in [3.63, 3.8) is 0 Å². The van der Waals surface area contributed by atoms with Crippen LogP contribution < -0.4 is 9.46 Å². The zero-order valence-electron chi connectivity index (χ0n) is 15.9. The molecule has 138 valence electrons. The molecule has 6 nitrogen and oxygen atoms in total. The minimum atomic E-state index is -3.80. The number of hydrogen-bond donors (Lipinski definition) is 1. The molecule has 0 spiro atoms. The molecule has 25 heavy (non-hydrogen) atoms. The molecular formula is C18H27N3O3S. The Kier molecular flexibility index (Phi) is 5.18. The predicted molar refractivity (Wildman–Crippen MR) is 99.9 cm³/mol. The number of aryl methyl sites for hydroxylation is 1. The minimum Gasteiger partial charge on any atom is -0.495 e. The average Bonchev–Trinajstić information content (AvgIpc) is 2.93. The summed E-state index contributed by atoms with van der Waals surface area (Å²) in [7, 11) is -2.29. The first-order valence-electron chi connectivity index (χ1n) is 8.23. The molecule has 1 aromatic carbocycles. The van der Waals surface area contributed by atoms with E-state index in [-0.39, 0.29) is 10.9 Å². The van der Waals surface area contributed by atoms with Crippen LogP contribution in [-0.4, -0.2) is 25.3 Å². The Morgan fingerprint density at radius 3 is 2.40 bits per heavy atom. The van der Waals surface area contributed by atoms with E-state index in [0.29, 0.717) is 17.1 Å². The zero-order valence-corrected chi connectivity index (χ0v) is 16.7. The van der Waals surface area contributed by atoms with Gasteiger partial charge in [-0.2, -0.15) is 5.10 Å². The number of methoxy groups -OCH3 is 1. The van der Waals surface area contributed by atoms with Gasteiger partial charge in [0.1, 0.15) is 10.6 Å². The highest BCUT2D eigenvalue weighted by atomic mass is 32.2. The molecule has 1 aromatic heterocycles. The third-order valence-corrected chi connectivity index (χ3v) is 5.19. The molecule has 1 heterocycles. The lowest BCUT2D eigenvalue weighted by Gasteiger charge is -2.18. The maximum absolute atomic E-state index is 13.1. The number of nitrogens with one attached hydrogen (secondary N) is 1. The van der Waals surface area contributed by atoms with Gasteiger partial charge in [-0.3, -0.25) is 9.40 Å². The molecule has 0 atom stereocenters. The minimum absolute atomic E-state index is 0.0681. The van der Waals surface area contributed by atoms with Gasteiger partial charge in [-0.25, -0.2) is 8.42 Å². The second kappa shape index (κ2) is 6.71. The first-order valence-corrected chi connectivity index (χ1v) is 9.71. The third-order valence-electron chi connectivity index (χ3n) is 3.83. The smallest absolute Gasteiger partial charge is 0.265 e. The van der Waals surface area contributed by atoms with Crippen LogP contribution in [0.1, 0.15) is 51.9 Å². The fourth-order valence-electron chi connectivity index (χ4n) is 2.46. The van der Waals surface area contributed by atoms with Gasteiger partial charge in [0.2, 0.25) is 0 Å². The number of ether oxygens (including phenoxy) is 1. The monoisotopic (exact) mass is 365 g/mol. The van der Waals surface area contributed by atoms with Crippen LogP contribution in [0.2, 0.25) is 0 Å². The Bertz CT molecular complexity index is 862. The molecule has 0 bridgehead atoms. The summed E-state index contributed by atoms with van der Waals surface area (Å²) in [6, 6.07) is 5.43. The van der Waals surface area contributed by atoms with Crippen molar-refractivity contribution < 1.29 is 13.2 Å². The van der Waals surface area contributed by atoms with Crippen LogP contribution in [0.15, 0.2) is 29.3 Å². The SMILES string of the molecule is COc1ccc(C)cc1NS(=O)(=O)c1cn(C(C)C)nc1C(C)(C)C. The molecule has 0 aliphatic carbocycles. The van der Waals surface area contributed by atoms with Gasteiger partial charge in [0, 0.05) is 17.7 Å². The summed E-state index contributed by atoms with van der Waals surface area (Å²) in [5, 5.41) is 4.52. The Labute approximate surface area is 150 Å². The Balaban J connectivity index is 2.55. The van der Waals surface area contributed by atoms with Crippen LogP contribution >= 0.6 is 0 Å². The largest absolute Gasteiger partial charge is 0.495 e. The maximum atomic E-state index is 13.1. The second-order valence-corrected chi connectivity index (χ2v) is 9.13. The fraction of sp³-hybridized carbons (Fsp3) is 0.500. The van der Waals surface area contributed by atoms with E-state index in [4.69, 9.17) is 4.74 Å². The average molecular weight is 365 g/mol. The molecule has 0 aliphatic rings. The fourth-order valence-corrected chi connectivity index (χ4v) is 3.86. The van der Waals surface area contributed by atoms with Crippen molar-refractivity contribution in [2.75, 3.05) is 11.8 Å². The topological polar surface area (TPSA) is 73.2 Å². The number of sulfonamides is 1. The molecule has 1 N–H and O–H groups in total. The molecule has 0 amide bonds. The van der Waals surface area contributed by atoms with Gasteiger partial charge in [0.25, 0.3) is 10.0 Å². The molecule has 0 fully saturated rings. The van der Waals surface area contributed by atoms with Gasteiger partial charge in [-0.15, -0.1) is 0 Å². The lowest BCUT2D eigenvalue weighted by atomic mass is 9.92. The molecular weight excluding hydrogens is 338 g/mol. The Morgan fingerprint density at radius 1 is 1.24 bits per heavy atom. The highest BCUT2D eigenvalue weighted by Crippen LogP contribution is 2.32. The number of nitrogens with zero attached hydrogens (tertiary/aromatic N) is 2. The van der Waals surface area contributed by atoms with Crippen molar-refractivity contribution in [3.05, 3.63) is 35.7 Å². The highest BCUT2D eigenvalue weighted by Gasteiger charge is 2.31. The van der Waals surface area contributed by atoms with Crippen LogP contribution in [0.5, 0.6) is 5.75 Å². The Morgan fingerprint density at radius 2 is 1.88 bits per heavy atom. The number of benzene rings is 1. The van der Waals surface area contributed by atoms with Gasteiger partial charge >= 0.3 is 0 Å². The highest BCUT2D eigenvalue weighted by molar-refractivity contribution is 7.92. The molecule has 0 unspecified atom stereocenters. The number of aromatic nitrogens is 2. The molecule has 2 aromatic rings.